The molecule has 0 saturated heterocycles. The number of benzene rings is 2. The van der Waals surface area contributed by atoms with E-state index in [2.05, 4.69) is 19.2 Å². The lowest BCUT2D eigenvalue weighted by atomic mass is 10.0. The van der Waals surface area contributed by atoms with Gasteiger partial charge in [-0.25, -0.2) is 9.89 Å². The molecule has 8 heteroatoms. The van der Waals surface area contributed by atoms with Crippen LogP contribution in [0.5, 0.6) is 0 Å². The number of carbonyl (C=O) groups is 2. The molecule has 0 saturated carbocycles. The number of amides is 2. The molecule has 2 aromatic rings. The van der Waals surface area contributed by atoms with Crippen molar-refractivity contribution < 1.29 is 9.59 Å². The summed E-state index contributed by atoms with van der Waals surface area (Å²) in [6.45, 7) is 8.02. The smallest absolute Gasteiger partial charge is 0.259 e. The van der Waals surface area contributed by atoms with Crippen molar-refractivity contribution in [1.82, 2.24) is 4.90 Å². The number of aryl methyl sites for hydroxylation is 1. The average Bonchev–Trinajstić information content (AvgIpc) is 3.10. The summed E-state index contributed by atoms with van der Waals surface area (Å²) in [7, 11) is 0. The molecule has 0 spiro atoms. The molecule has 33 heavy (non-hydrogen) atoms. The van der Waals surface area contributed by atoms with Gasteiger partial charge in [0.1, 0.15) is 11.9 Å². The Hall–Kier alpha value is -2.64. The molecule has 0 unspecified atom stereocenters. The van der Waals surface area contributed by atoms with Crippen molar-refractivity contribution in [3.63, 3.8) is 0 Å². The van der Waals surface area contributed by atoms with Gasteiger partial charge in [-0.15, -0.1) is 0 Å². The molecule has 2 atom stereocenters. The van der Waals surface area contributed by atoms with Gasteiger partial charge in [0.2, 0.25) is 5.91 Å². The molecule has 2 aromatic carbocycles. The van der Waals surface area contributed by atoms with Gasteiger partial charge in [0, 0.05) is 16.3 Å². The summed E-state index contributed by atoms with van der Waals surface area (Å²) in [5.74, 6) is 0.718. The Morgan fingerprint density at radius 1 is 1.24 bits per heavy atom. The molecule has 0 aliphatic carbocycles. The van der Waals surface area contributed by atoms with E-state index in [1.54, 1.807) is 11.0 Å². The van der Waals surface area contributed by atoms with Crippen LogP contribution in [0.4, 0.5) is 11.4 Å². The molecule has 0 radical (unpaired) electrons. The Balaban J connectivity index is 1.61. The minimum atomic E-state index is -0.438. The number of rotatable bonds is 6. The van der Waals surface area contributed by atoms with Crippen LogP contribution in [0.1, 0.15) is 44.7 Å². The van der Waals surface area contributed by atoms with Crippen molar-refractivity contribution in [3.8, 4) is 0 Å². The van der Waals surface area contributed by atoms with Crippen LogP contribution < -0.4 is 5.32 Å². The van der Waals surface area contributed by atoms with Gasteiger partial charge in [0.05, 0.1) is 10.9 Å². The van der Waals surface area contributed by atoms with Crippen LogP contribution in [0.3, 0.4) is 0 Å². The highest BCUT2D eigenvalue weighted by Crippen LogP contribution is 2.36. The van der Waals surface area contributed by atoms with Gasteiger partial charge in [-0.1, -0.05) is 62.3 Å². The van der Waals surface area contributed by atoms with Gasteiger partial charge in [0.15, 0.2) is 5.17 Å². The Morgan fingerprint density at radius 3 is 2.70 bits per heavy atom. The summed E-state index contributed by atoms with van der Waals surface area (Å²) < 4.78 is 0. The van der Waals surface area contributed by atoms with Crippen LogP contribution in [0, 0.1) is 12.8 Å². The molecule has 2 aliphatic rings. The maximum Gasteiger partial charge on any atom is 0.259 e. The zero-order chi connectivity index (χ0) is 23.7. The Labute approximate surface area is 203 Å². The summed E-state index contributed by atoms with van der Waals surface area (Å²) in [5.41, 5.74) is 3.19. The lowest BCUT2D eigenvalue weighted by molar-refractivity contribution is -0.125. The SMILES string of the molecule is CC[C@H](SC1=Nc2ccccc2C2=N[C@H](CC(C)C)C(=O)N12)C(=O)Nc1ccc(C)c(Cl)c1. The van der Waals surface area contributed by atoms with E-state index >= 15 is 0 Å². The van der Waals surface area contributed by atoms with Crippen LogP contribution in [-0.4, -0.2) is 39.0 Å². The van der Waals surface area contributed by atoms with Crippen LogP contribution >= 0.6 is 23.4 Å². The molecule has 0 aromatic heterocycles. The molecular weight excluding hydrogens is 456 g/mol. The zero-order valence-electron chi connectivity index (χ0n) is 19.1. The van der Waals surface area contributed by atoms with E-state index in [0.29, 0.717) is 40.5 Å². The number of para-hydroxylation sites is 1. The topological polar surface area (TPSA) is 74.1 Å². The fourth-order valence-corrected chi connectivity index (χ4v) is 5.02. The lowest BCUT2D eigenvalue weighted by Gasteiger charge is -2.27. The van der Waals surface area contributed by atoms with Gasteiger partial charge in [0.25, 0.3) is 5.91 Å². The number of hydrogen-bond acceptors (Lipinski definition) is 5. The Bertz CT molecular complexity index is 1160. The van der Waals surface area contributed by atoms with Crippen molar-refractivity contribution >= 4 is 57.6 Å². The van der Waals surface area contributed by atoms with Gasteiger partial charge < -0.3 is 5.32 Å². The van der Waals surface area contributed by atoms with Crippen molar-refractivity contribution in [2.45, 2.75) is 51.8 Å². The maximum absolute atomic E-state index is 13.3. The van der Waals surface area contributed by atoms with E-state index in [1.165, 1.54) is 11.8 Å². The summed E-state index contributed by atoms with van der Waals surface area (Å²) in [6, 6.07) is 12.7. The standard InChI is InChI=1S/C25H27ClN4O2S/c1-5-21(23(31)27-16-11-10-15(4)18(26)13-16)33-25-29-19-9-7-6-8-17(19)22-28-20(12-14(2)3)24(32)30(22)25/h6-11,13-14,20-21H,5,12H2,1-4H3,(H,27,31)/t20-,21+/m1/s1. The number of anilines is 1. The van der Waals surface area contributed by atoms with Gasteiger partial charge >= 0.3 is 0 Å². The van der Waals surface area contributed by atoms with Crippen molar-refractivity contribution in [2.75, 3.05) is 5.32 Å². The van der Waals surface area contributed by atoms with Gasteiger partial charge in [-0.3, -0.25) is 14.6 Å². The molecule has 2 heterocycles. The predicted octanol–water partition coefficient (Wildman–Crippen LogP) is 5.80. The van der Waals surface area contributed by atoms with Gasteiger partial charge in [-0.05, 0) is 55.5 Å². The normalized spacial score (nSPS) is 17.9. The summed E-state index contributed by atoms with van der Waals surface area (Å²) in [5, 5.41) is 3.60. The second kappa shape index (κ2) is 9.69. The molecule has 2 amide bonds. The number of carbonyl (C=O) groups excluding carboxylic acids is 2. The average molecular weight is 483 g/mol. The zero-order valence-corrected chi connectivity index (χ0v) is 20.7. The first-order valence-corrected chi connectivity index (χ1v) is 12.4. The largest absolute Gasteiger partial charge is 0.325 e. The summed E-state index contributed by atoms with van der Waals surface area (Å²) in [4.78, 5) is 37.5. The maximum atomic E-state index is 13.3. The fourth-order valence-electron chi connectivity index (χ4n) is 3.82. The highest BCUT2D eigenvalue weighted by Gasteiger charge is 2.42. The van der Waals surface area contributed by atoms with E-state index < -0.39 is 11.3 Å². The molecule has 0 bridgehead atoms. The first-order valence-electron chi connectivity index (χ1n) is 11.1. The molecule has 0 fully saturated rings. The van der Waals surface area contributed by atoms with E-state index in [0.717, 1.165) is 16.8 Å². The lowest BCUT2D eigenvalue weighted by Crippen LogP contribution is -2.42. The number of nitrogens with zero attached hydrogens (tertiary/aromatic N) is 3. The number of thioether (sulfide) groups is 1. The Morgan fingerprint density at radius 2 is 2.00 bits per heavy atom. The highest BCUT2D eigenvalue weighted by molar-refractivity contribution is 8.15. The van der Waals surface area contributed by atoms with Crippen molar-refractivity contribution in [1.29, 1.82) is 0 Å². The number of halogens is 1. The molecule has 2 aliphatic heterocycles. The molecule has 6 nitrogen and oxygen atoms in total. The van der Waals surface area contributed by atoms with Crippen LogP contribution in [0.15, 0.2) is 52.4 Å². The van der Waals surface area contributed by atoms with E-state index in [9.17, 15) is 9.59 Å². The van der Waals surface area contributed by atoms with Gasteiger partial charge in [-0.2, -0.15) is 0 Å². The minimum Gasteiger partial charge on any atom is -0.325 e. The quantitative estimate of drug-likeness (QED) is 0.565. The molecular formula is C25H27ClN4O2S. The van der Waals surface area contributed by atoms with E-state index in [4.69, 9.17) is 21.6 Å². The third-order valence-electron chi connectivity index (χ3n) is 5.59. The molecule has 172 valence electrons. The second-order valence-electron chi connectivity index (χ2n) is 8.65. The number of aliphatic imine (C=N–C) groups is 2. The van der Waals surface area contributed by atoms with Crippen LogP contribution in [-0.2, 0) is 9.59 Å². The number of hydrogen-bond donors (Lipinski definition) is 1. The third-order valence-corrected chi connectivity index (χ3v) is 7.32. The Kier molecular flexibility index (Phi) is 6.91. The van der Waals surface area contributed by atoms with Crippen LogP contribution in [0.2, 0.25) is 5.02 Å². The van der Waals surface area contributed by atoms with Crippen LogP contribution in [0.25, 0.3) is 0 Å². The number of fused-ring (bicyclic) bond motifs is 3. The second-order valence-corrected chi connectivity index (χ2v) is 10.2. The van der Waals surface area contributed by atoms with Crippen molar-refractivity contribution in [2.24, 2.45) is 15.9 Å². The highest BCUT2D eigenvalue weighted by atomic mass is 35.5. The first kappa shape index (κ1) is 23.5. The number of nitrogens with one attached hydrogen (secondary N) is 1. The van der Waals surface area contributed by atoms with E-state index in [-0.39, 0.29) is 11.8 Å². The third kappa shape index (κ3) is 4.84. The molecule has 4 rings (SSSR count). The summed E-state index contributed by atoms with van der Waals surface area (Å²) in [6.07, 6.45) is 1.24. The number of amidine groups is 2. The predicted molar refractivity (Wildman–Crippen MR) is 137 cm³/mol. The summed E-state index contributed by atoms with van der Waals surface area (Å²) >= 11 is 7.50. The van der Waals surface area contributed by atoms with Crippen molar-refractivity contribution in [3.05, 3.63) is 58.6 Å². The first-order chi connectivity index (χ1) is 15.8. The van der Waals surface area contributed by atoms with E-state index in [1.807, 2.05) is 50.2 Å². The fraction of sp³-hybridized carbons (Fsp3) is 0.360. The molecule has 1 N–H and O–H groups in total. The monoisotopic (exact) mass is 482 g/mol. The minimum absolute atomic E-state index is 0.0833.